The number of carbonyl (C=O) groups excluding carboxylic acids is 2. The Hall–Kier alpha value is -2.88. The van der Waals surface area contributed by atoms with Crippen molar-refractivity contribution in [3.63, 3.8) is 0 Å². The van der Waals surface area contributed by atoms with Crippen LogP contribution < -0.4 is 10.6 Å². The first kappa shape index (κ1) is 20.4. The summed E-state index contributed by atoms with van der Waals surface area (Å²) in [6.07, 6.45) is -5.80. The maximum atomic E-state index is 12.8. The second kappa shape index (κ2) is 7.39. The Morgan fingerprint density at radius 2 is 1.81 bits per heavy atom. The van der Waals surface area contributed by atoms with Crippen LogP contribution in [0.4, 0.5) is 18.9 Å². The number of halogens is 3. The number of hydrogen-bond donors (Lipinski definition) is 3. The Bertz CT molecular complexity index is 888. The number of hydrogen-bond acceptors (Lipinski definition) is 4. The number of aryl methyl sites for hydroxylation is 3. The first-order valence-electron chi connectivity index (χ1n) is 7.93. The van der Waals surface area contributed by atoms with Crippen molar-refractivity contribution in [3.05, 3.63) is 46.3 Å². The van der Waals surface area contributed by atoms with Gasteiger partial charge < -0.3 is 15.7 Å². The van der Waals surface area contributed by atoms with E-state index in [1.54, 1.807) is 19.9 Å². The molecule has 0 bridgehead atoms. The molecule has 10 heteroatoms. The summed E-state index contributed by atoms with van der Waals surface area (Å²) in [6, 6.07) is 3.85. The molecular formula is C17H19F3N4O3. The molecule has 0 saturated heterocycles. The summed E-state index contributed by atoms with van der Waals surface area (Å²) in [7, 11) is 1.22. The smallest absolute Gasteiger partial charge is 0.374 e. The van der Waals surface area contributed by atoms with Gasteiger partial charge in [-0.2, -0.15) is 18.3 Å². The van der Waals surface area contributed by atoms with Gasteiger partial charge in [0.1, 0.15) is 11.9 Å². The van der Waals surface area contributed by atoms with E-state index in [1.807, 2.05) is 0 Å². The van der Waals surface area contributed by atoms with E-state index in [9.17, 15) is 27.9 Å². The molecule has 0 aliphatic carbocycles. The van der Waals surface area contributed by atoms with Crippen molar-refractivity contribution in [3.8, 4) is 0 Å². The van der Waals surface area contributed by atoms with Crippen LogP contribution in [0.3, 0.4) is 0 Å². The van der Waals surface area contributed by atoms with E-state index in [4.69, 9.17) is 0 Å². The predicted octanol–water partition coefficient (Wildman–Crippen LogP) is 2.38. The van der Waals surface area contributed by atoms with Crippen molar-refractivity contribution >= 4 is 17.5 Å². The molecule has 0 aliphatic rings. The molecule has 1 heterocycles. The van der Waals surface area contributed by atoms with E-state index in [0.717, 1.165) is 10.2 Å². The van der Waals surface area contributed by atoms with E-state index >= 15 is 0 Å². The zero-order valence-electron chi connectivity index (χ0n) is 15.1. The number of anilines is 1. The minimum atomic E-state index is -4.68. The number of aliphatic hydroxyl groups is 1. The fraction of sp³-hybridized carbons (Fsp3) is 0.353. The molecule has 2 aromatic rings. The van der Waals surface area contributed by atoms with Crippen LogP contribution in [0, 0.1) is 13.8 Å². The molecule has 27 heavy (non-hydrogen) atoms. The van der Waals surface area contributed by atoms with Gasteiger partial charge in [-0.25, -0.2) is 0 Å². The van der Waals surface area contributed by atoms with Gasteiger partial charge >= 0.3 is 6.18 Å². The average molecular weight is 384 g/mol. The van der Waals surface area contributed by atoms with E-state index in [-0.39, 0.29) is 16.9 Å². The number of alkyl halides is 3. The van der Waals surface area contributed by atoms with Crippen LogP contribution in [-0.2, 0) is 13.2 Å². The zero-order valence-corrected chi connectivity index (χ0v) is 15.1. The van der Waals surface area contributed by atoms with E-state index in [0.29, 0.717) is 11.6 Å². The van der Waals surface area contributed by atoms with Gasteiger partial charge in [0.2, 0.25) is 0 Å². The molecule has 2 rings (SSSR count). The highest BCUT2D eigenvalue weighted by molar-refractivity contribution is 6.09. The predicted molar refractivity (Wildman–Crippen MR) is 91.2 cm³/mol. The molecule has 0 radical (unpaired) electrons. The zero-order chi connectivity index (χ0) is 20.5. The second-order valence-corrected chi connectivity index (χ2v) is 6.14. The lowest BCUT2D eigenvalue weighted by Crippen LogP contribution is -2.33. The summed E-state index contributed by atoms with van der Waals surface area (Å²) >= 11 is 0. The van der Waals surface area contributed by atoms with Crippen molar-refractivity contribution in [1.82, 2.24) is 15.1 Å². The van der Waals surface area contributed by atoms with Crippen LogP contribution in [0.15, 0.2) is 18.2 Å². The topological polar surface area (TPSA) is 96.2 Å². The third kappa shape index (κ3) is 4.64. The molecule has 1 unspecified atom stereocenters. The van der Waals surface area contributed by atoms with Crippen LogP contribution >= 0.6 is 0 Å². The van der Waals surface area contributed by atoms with Gasteiger partial charge in [0.15, 0.2) is 5.69 Å². The Balaban J connectivity index is 2.41. The van der Waals surface area contributed by atoms with E-state index in [1.165, 1.54) is 20.0 Å². The number of amides is 2. The van der Waals surface area contributed by atoms with Crippen molar-refractivity contribution in [2.24, 2.45) is 7.05 Å². The van der Waals surface area contributed by atoms with E-state index < -0.39 is 29.9 Å². The van der Waals surface area contributed by atoms with Crippen molar-refractivity contribution in [2.45, 2.75) is 33.2 Å². The Morgan fingerprint density at radius 3 is 2.33 bits per heavy atom. The summed E-state index contributed by atoms with van der Waals surface area (Å²) in [5.41, 5.74) is -0.0102. The van der Waals surface area contributed by atoms with Crippen LogP contribution in [-0.4, -0.2) is 32.9 Å². The molecule has 0 fully saturated rings. The highest BCUT2D eigenvalue weighted by Gasteiger charge is 2.35. The van der Waals surface area contributed by atoms with Crippen LogP contribution in [0.25, 0.3) is 0 Å². The minimum absolute atomic E-state index is 0.0833. The molecule has 1 aromatic heterocycles. The molecule has 1 aromatic carbocycles. The van der Waals surface area contributed by atoms with Gasteiger partial charge in [-0.1, -0.05) is 6.07 Å². The Labute approximate surface area is 153 Å². The number of rotatable bonds is 4. The lowest BCUT2D eigenvalue weighted by atomic mass is 10.0. The monoisotopic (exact) mass is 384 g/mol. The molecule has 7 nitrogen and oxygen atoms in total. The fourth-order valence-corrected chi connectivity index (χ4v) is 2.58. The molecular weight excluding hydrogens is 365 g/mol. The molecule has 146 valence electrons. The summed E-state index contributed by atoms with van der Waals surface area (Å²) in [5.74, 6) is -1.48. The maximum absolute atomic E-state index is 12.8. The minimum Gasteiger partial charge on any atom is -0.374 e. The van der Waals surface area contributed by atoms with Crippen molar-refractivity contribution < 1.29 is 27.9 Å². The molecule has 3 N–H and O–H groups in total. The second-order valence-electron chi connectivity index (χ2n) is 6.14. The molecule has 0 saturated carbocycles. The molecule has 0 aliphatic heterocycles. The van der Waals surface area contributed by atoms with E-state index in [2.05, 4.69) is 15.7 Å². The van der Waals surface area contributed by atoms with Crippen molar-refractivity contribution in [1.29, 1.82) is 0 Å². The normalized spacial score (nSPS) is 12.6. The Morgan fingerprint density at radius 1 is 1.19 bits per heavy atom. The number of carbonyl (C=O) groups is 2. The quantitative estimate of drug-likeness (QED) is 0.705. The lowest BCUT2D eigenvalue weighted by Gasteiger charge is -2.16. The average Bonchev–Trinajstić information content (AvgIpc) is 2.91. The number of benzene rings is 1. The summed E-state index contributed by atoms with van der Waals surface area (Å²) in [5, 5.41) is 17.4. The first-order chi connectivity index (χ1) is 12.4. The van der Waals surface area contributed by atoms with Gasteiger partial charge in [-0.15, -0.1) is 0 Å². The van der Waals surface area contributed by atoms with Gasteiger partial charge in [0.25, 0.3) is 11.8 Å². The third-order valence-electron chi connectivity index (χ3n) is 3.71. The van der Waals surface area contributed by atoms with Crippen molar-refractivity contribution in [2.75, 3.05) is 5.32 Å². The fourth-order valence-electron chi connectivity index (χ4n) is 2.58. The standard InChI is InChI=1S/C17H19F3N4O3/c1-8-5-9(2)14(11(6-8)15(26)21-10(3)25)22-16(27)12-7-13(17(18,19)20)23-24(12)4/h5-7,10,25H,1-4H3,(H,21,26)(H,22,27). The first-order valence-corrected chi connectivity index (χ1v) is 7.93. The number of aromatic nitrogens is 2. The van der Waals surface area contributed by atoms with Crippen LogP contribution in [0.2, 0.25) is 0 Å². The Kier molecular flexibility index (Phi) is 5.59. The summed E-state index contributed by atoms with van der Waals surface area (Å²) in [4.78, 5) is 24.8. The van der Waals surface area contributed by atoms with Gasteiger partial charge in [0, 0.05) is 13.1 Å². The highest BCUT2D eigenvalue weighted by atomic mass is 19.4. The molecule has 0 spiro atoms. The maximum Gasteiger partial charge on any atom is 0.435 e. The lowest BCUT2D eigenvalue weighted by molar-refractivity contribution is -0.141. The van der Waals surface area contributed by atoms with Gasteiger partial charge in [0.05, 0.1) is 11.3 Å². The highest BCUT2D eigenvalue weighted by Crippen LogP contribution is 2.29. The van der Waals surface area contributed by atoms with Crippen LogP contribution in [0.1, 0.15) is 44.6 Å². The SMILES string of the molecule is Cc1cc(C)c(NC(=O)c2cc(C(F)(F)F)nn2C)c(C(=O)NC(C)O)c1. The number of aliphatic hydroxyl groups excluding tert-OH is 1. The largest absolute Gasteiger partial charge is 0.435 e. The number of nitrogens with one attached hydrogen (secondary N) is 2. The summed E-state index contributed by atoms with van der Waals surface area (Å²) in [6.45, 7) is 4.74. The number of nitrogens with zero attached hydrogens (tertiary/aromatic N) is 2. The van der Waals surface area contributed by atoms with Gasteiger partial charge in [-0.05, 0) is 38.0 Å². The van der Waals surface area contributed by atoms with Gasteiger partial charge in [-0.3, -0.25) is 14.3 Å². The summed E-state index contributed by atoms with van der Waals surface area (Å²) < 4.78 is 39.2. The van der Waals surface area contributed by atoms with Crippen LogP contribution in [0.5, 0.6) is 0 Å². The molecule has 1 atom stereocenters. The third-order valence-corrected chi connectivity index (χ3v) is 3.71. The molecule has 2 amide bonds.